The number of carbonyl (C=O) groups is 1. The minimum absolute atomic E-state index is 0.218. The van der Waals surface area contributed by atoms with Crippen LogP contribution in [0.15, 0.2) is 59.8 Å². The predicted octanol–water partition coefficient (Wildman–Crippen LogP) is 5.83. The first-order valence-corrected chi connectivity index (χ1v) is 9.88. The summed E-state index contributed by atoms with van der Waals surface area (Å²) in [6.45, 7) is 2.07. The van der Waals surface area contributed by atoms with Crippen LogP contribution < -0.4 is 11.1 Å². The number of nitrogens with zero attached hydrogens (tertiary/aromatic N) is 1. The zero-order valence-electron chi connectivity index (χ0n) is 14.9. The Bertz CT molecular complexity index is 1030. The van der Waals surface area contributed by atoms with Gasteiger partial charge in [-0.1, -0.05) is 46.6 Å². The topological polar surface area (TPSA) is 76.7 Å². The van der Waals surface area contributed by atoms with Gasteiger partial charge < -0.3 is 15.9 Å². The predicted molar refractivity (Wildman–Crippen MR) is 117 cm³/mol. The molecule has 1 heterocycles. The van der Waals surface area contributed by atoms with Gasteiger partial charge in [-0.2, -0.15) is 0 Å². The molecule has 1 aromatic heterocycles. The van der Waals surface area contributed by atoms with E-state index in [1.165, 1.54) is 11.3 Å². The third kappa shape index (κ3) is 5.04. The molecule has 8 heteroatoms. The number of hydrogen-bond donors (Lipinski definition) is 2. The van der Waals surface area contributed by atoms with Crippen molar-refractivity contribution < 1.29 is 9.63 Å². The van der Waals surface area contributed by atoms with Crippen molar-refractivity contribution in [1.29, 1.82) is 0 Å². The van der Waals surface area contributed by atoms with Crippen LogP contribution >= 0.6 is 34.5 Å². The van der Waals surface area contributed by atoms with Gasteiger partial charge in [0.1, 0.15) is 0 Å². The number of thiophene rings is 1. The molecule has 0 fully saturated rings. The zero-order chi connectivity index (χ0) is 20.1. The van der Waals surface area contributed by atoms with E-state index in [-0.39, 0.29) is 12.5 Å². The fraction of sp³-hybridized carbons (Fsp3) is 0.100. The Morgan fingerprint density at radius 2 is 1.93 bits per heavy atom. The lowest BCUT2D eigenvalue weighted by molar-refractivity contribution is 0.103. The maximum absolute atomic E-state index is 12.4. The highest BCUT2D eigenvalue weighted by Gasteiger charge is 2.11. The molecule has 144 valence electrons. The molecule has 0 aliphatic rings. The van der Waals surface area contributed by atoms with Gasteiger partial charge >= 0.3 is 0 Å². The molecule has 0 saturated carbocycles. The average molecular weight is 434 g/mol. The van der Waals surface area contributed by atoms with Crippen molar-refractivity contribution >= 4 is 57.5 Å². The summed E-state index contributed by atoms with van der Waals surface area (Å²) in [6, 6.07) is 15.9. The van der Waals surface area contributed by atoms with E-state index < -0.39 is 0 Å². The first-order chi connectivity index (χ1) is 13.4. The number of nitrogens with one attached hydrogen (secondary N) is 1. The van der Waals surface area contributed by atoms with Gasteiger partial charge in [0.25, 0.3) is 5.91 Å². The van der Waals surface area contributed by atoms with E-state index >= 15 is 0 Å². The molecule has 0 aliphatic carbocycles. The van der Waals surface area contributed by atoms with E-state index in [1.807, 2.05) is 31.2 Å². The minimum atomic E-state index is -0.218. The van der Waals surface area contributed by atoms with Gasteiger partial charge in [-0.25, -0.2) is 0 Å². The number of halogens is 2. The number of para-hydroxylation sites is 2. The van der Waals surface area contributed by atoms with Crippen LogP contribution in [0.2, 0.25) is 10.0 Å². The Hall–Kier alpha value is -2.54. The summed E-state index contributed by atoms with van der Waals surface area (Å²) in [5.74, 6) is -0.218. The van der Waals surface area contributed by atoms with Crippen LogP contribution in [-0.4, -0.2) is 11.6 Å². The molecule has 0 spiro atoms. The number of anilines is 2. The molecular formula is C20H17Cl2N3O2S. The van der Waals surface area contributed by atoms with E-state index in [9.17, 15) is 4.79 Å². The summed E-state index contributed by atoms with van der Waals surface area (Å²) < 4.78 is 0. The van der Waals surface area contributed by atoms with Crippen molar-refractivity contribution in [3.05, 3.63) is 80.0 Å². The SMILES string of the molecule is CC(=NOCc1ccc(C(=O)Nc2ccccc2N)s1)c1ccc(Cl)c(Cl)c1. The summed E-state index contributed by atoms with van der Waals surface area (Å²) in [5, 5.41) is 7.85. The number of nitrogen functional groups attached to an aromatic ring is 1. The van der Waals surface area contributed by atoms with Crippen LogP contribution in [0.1, 0.15) is 27.0 Å². The number of amides is 1. The van der Waals surface area contributed by atoms with Crippen molar-refractivity contribution in [3.63, 3.8) is 0 Å². The molecule has 28 heavy (non-hydrogen) atoms. The highest BCUT2D eigenvalue weighted by atomic mass is 35.5. The van der Waals surface area contributed by atoms with Crippen LogP contribution in [-0.2, 0) is 11.4 Å². The molecule has 2 aromatic carbocycles. The van der Waals surface area contributed by atoms with E-state index in [2.05, 4.69) is 10.5 Å². The molecule has 5 nitrogen and oxygen atoms in total. The summed E-state index contributed by atoms with van der Waals surface area (Å²) in [7, 11) is 0. The van der Waals surface area contributed by atoms with E-state index in [0.717, 1.165) is 10.4 Å². The third-order valence-electron chi connectivity index (χ3n) is 3.84. The normalized spacial score (nSPS) is 11.3. The third-order valence-corrected chi connectivity index (χ3v) is 5.64. The smallest absolute Gasteiger partial charge is 0.265 e. The van der Waals surface area contributed by atoms with Crippen molar-refractivity contribution in [3.8, 4) is 0 Å². The van der Waals surface area contributed by atoms with Crippen LogP contribution in [0, 0.1) is 0 Å². The molecular weight excluding hydrogens is 417 g/mol. The van der Waals surface area contributed by atoms with Gasteiger partial charge in [-0.3, -0.25) is 4.79 Å². The summed E-state index contributed by atoms with van der Waals surface area (Å²) >= 11 is 13.3. The number of hydrogen-bond acceptors (Lipinski definition) is 5. The summed E-state index contributed by atoms with van der Waals surface area (Å²) in [4.78, 5) is 19.2. The Morgan fingerprint density at radius 1 is 1.14 bits per heavy atom. The van der Waals surface area contributed by atoms with Crippen molar-refractivity contribution in [1.82, 2.24) is 0 Å². The Labute approximate surface area is 176 Å². The summed E-state index contributed by atoms with van der Waals surface area (Å²) in [5.41, 5.74) is 8.44. The van der Waals surface area contributed by atoms with E-state index in [1.54, 1.807) is 30.3 Å². The fourth-order valence-corrected chi connectivity index (χ4v) is 3.45. The number of carbonyl (C=O) groups excluding carboxylic acids is 1. The Morgan fingerprint density at radius 3 is 2.68 bits per heavy atom. The zero-order valence-corrected chi connectivity index (χ0v) is 17.2. The Kier molecular flexibility index (Phi) is 6.57. The highest BCUT2D eigenvalue weighted by molar-refractivity contribution is 7.14. The quantitative estimate of drug-likeness (QED) is 0.291. The standard InChI is InChI=1S/C20H17Cl2N3O2S/c1-12(13-6-8-15(21)16(22)10-13)25-27-11-14-7-9-19(28-14)20(26)24-18-5-3-2-4-17(18)23/h2-10H,11,23H2,1H3,(H,24,26). The number of oxime groups is 1. The van der Waals surface area contributed by atoms with Crippen molar-refractivity contribution in [2.24, 2.45) is 5.16 Å². The van der Waals surface area contributed by atoms with Crippen LogP contribution in [0.3, 0.4) is 0 Å². The van der Waals surface area contributed by atoms with Gasteiger partial charge in [0.15, 0.2) is 6.61 Å². The molecule has 0 bridgehead atoms. The van der Waals surface area contributed by atoms with Gasteiger partial charge in [0.2, 0.25) is 0 Å². The van der Waals surface area contributed by atoms with Gasteiger partial charge in [-0.15, -0.1) is 11.3 Å². The molecule has 0 radical (unpaired) electrons. The van der Waals surface area contributed by atoms with E-state index in [0.29, 0.717) is 32.0 Å². The lowest BCUT2D eigenvalue weighted by atomic mass is 10.1. The van der Waals surface area contributed by atoms with Crippen LogP contribution in [0.5, 0.6) is 0 Å². The molecule has 1 amide bonds. The first kappa shape index (κ1) is 20.2. The highest BCUT2D eigenvalue weighted by Crippen LogP contribution is 2.24. The largest absolute Gasteiger partial charge is 0.397 e. The van der Waals surface area contributed by atoms with Crippen LogP contribution in [0.25, 0.3) is 0 Å². The Balaban J connectivity index is 1.59. The van der Waals surface area contributed by atoms with Gasteiger partial charge in [0.05, 0.1) is 32.0 Å². The molecule has 0 atom stereocenters. The monoisotopic (exact) mass is 433 g/mol. The molecule has 3 rings (SSSR count). The van der Waals surface area contributed by atoms with Gasteiger partial charge in [0, 0.05) is 10.4 Å². The number of benzene rings is 2. The second kappa shape index (κ2) is 9.10. The lowest BCUT2D eigenvalue weighted by Crippen LogP contribution is -2.11. The van der Waals surface area contributed by atoms with Gasteiger partial charge in [-0.05, 0) is 43.3 Å². The van der Waals surface area contributed by atoms with Crippen molar-refractivity contribution in [2.75, 3.05) is 11.1 Å². The number of rotatable bonds is 6. The number of nitrogens with two attached hydrogens (primary N) is 1. The minimum Gasteiger partial charge on any atom is -0.397 e. The molecule has 3 aromatic rings. The average Bonchev–Trinajstić information content (AvgIpc) is 3.15. The second-order valence-electron chi connectivity index (χ2n) is 5.89. The summed E-state index contributed by atoms with van der Waals surface area (Å²) in [6.07, 6.45) is 0. The van der Waals surface area contributed by atoms with Crippen LogP contribution in [0.4, 0.5) is 11.4 Å². The maximum atomic E-state index is 12.4. The molecule has 3 N–H and O–H groups in total. The molecule has 0 unspecified atom stereocenters. The first-order valence-electron chi connectivity index (χ1n) is 8.30. The molecule has 0 saturated heterocycles. The van der Waals surface area contributed by atoms with E-state index in [4.69, 9.17) is 33.8 Å². The lowest BCUT2D eigenvalue weighted by Gasteiger charge is -2.06. The maximum Gasteiger partial charge on any atom is 0.265 e. The fourth-order valence-electron chi connectivity index (χ4n) is 2.34. The van der Waals surface area contributed by atoms with Crippen molar-refractivity contribution in [2.45, 2.75) is 13.5 Å². The second-order valence-corrected chi connectivity index (χ2v) is 7.87. The molecule has 0 aliphatic heterocycles.